The minimum absolute atomic E-state index is 0.00645. The number of nitrogens with zero attached hydrogens (tertiary/aromatic N) is 1. The first-order valence-corrected chi connectivity index (χ1v) is 8.95. The van der Waals surface area contributed by atoms with Crippen molar-refractivity contribution in [2.24, 2.45) is 0 Å². The maximum atomic E-state index is 13.6. The number of thiazole rings is 1. The summed E-state index contributed by atoms with van der Waals surface area (Å²) in [6.45, 7) is 3.93. The normalized spacial score (nSPS) is 11.2. The van der Waals surface area contributed by atoms with E-state index in [1.807, 2.05) is 19.9 Å². The summed E-state index contributed by atoms with van der Waals surface area (Å²) in [5.41, 5.74) is 2.04. The first-order valence-electron chi connectivity index (χ1n) is 8.14. The van der Waals surface area contributed by atoms with Crippen LogP contribution < -0.4 is 10.2 Å². The molecule has 3 rings (SSSR count). The Labute approximate surface area is 148 Å². The van der Waals surface area contributed by atoms with Crippen molar-refractivity contribution in [2.75, 3.05) is 5.32 Å². The molecule has 0 saturated carbocycles. The molecule has 0 aliphatic carbocycles. The van der Waals surface area contributed by atoms with Crippen molar-refractivity contribution in [2.45, 2.75) is 32.7 Å². The number of aryl methyl sites for hydroxylation is 1. The maximum absolute atomic E-state index is 13.6. The lowest BCUT2D eigenvalue weighted by molar-refractivity contribution is -0.116. The number of anilines is 1. The molecule has 4 nitrogen and oxygen atoms in total. The smallest absolute Gasteiger partial charge is 0.308 e. The van der Waals surface area contributed by atoms with Gasteiger partial charge in [-0.25, -0.2) is 4.39 Å². The number of hydrogen-bond donors (Lipinski definition) is 1. The second-order valence-electron chi connectivity index (χ2n) is 6.15. The van der Waals surface area contributed by atoms with Crippen LogP contribution in [0.3, 0.4) is 0 Å². The van der Waals surface area contributed by atoms with E-state index in [-0.39, 0.29) is 29.1 Å². The van der Waals surface area contributed by atoms with E-state index in [1.54, 1.807) is 34.9 Å². The van der Waals surface area contributed by atoms with E-state index in [4.69, 9.17) is 0 Å². The van der Waals surface area contributed by atoms with Crippen LogP contribution in [-0.4, -0.2) is 10.5 Å². The number of benzene rings is 2. The van der Waals surface area contributed by atoms with Gasteiger partial charge in [0.15, 0.2) is 0 Å². The summed E-state index contributed by atoms with van der Waals surface area (Å²) < 4.78 is 16.2. The van der Waals surface area contributed by atoms with Gasteiger partial charge in [-0.15, -0.1) is 0 Å². The number of hydrogen-bond acceptors (Lipinski definition) is 3. The number of rotatable bonds is 5. The molecule has 0 fully saturated rings. The molecule has 1 aromatic heterocycles. The second kappa shape index (κ2) is 7.19. The highest BCUT2D eigenvalue weighted by molar-refractivity contribution is 7.16. The van der Waals surface area contributed by atoms with Gasteiger partial charge < -0.3 is 5.32 Å². The van der Waals surface area contributed by atoms with E-state index in [0.717, 1.165) is 10.2 Å². The third kappa shape index (κ3) is 3.79. The van der Waals surface area contributed by atoms with Crippen molar-refractivity contribution in [3.8, 4) is 0 Å². The van der Waals surface area contributed by atoms with Gasteiger partial charge in [0.1, 0.15) is 5.82 Å². The van der Waals surface area contributed by atoms with E-state index in [0.29, 0.717) is 17.7 Å². The van der Waals surface area contributed by atoms with Crippen LogP contribution in [0.1, 0.15) is 31.9 Å². The van der Waals surface area contributed by atoms with Crippen LogP contribution in [0.25, 0.3) is 10.2 Å². The van der Waals surface area contributed by atoms with E-state index in [9.17, 15) is 14.0 Å². The van der Waals surface area contributed by atoms with Gasteiger partial charge in [0.2, 0.25) is 5.91 Å². The summed E-state index contributed by atoms with van der Waals surface area (Å²) in [7, 11) is 0. The Morgan fingerprint density at radius 3 is 2.72 bits per heavy atom. The lowest BCUT2D eigenvalue weighted by atomic mass is 10.1. The summed E-state index contributed by atoms with van der Waals surface area (Å²) in [6, 6.07) is 12.0. The molecule has 0 spiro atoms. The molecule has 6 heteroatoms. The monoisotopic (exact) mass is 358 g/mol. The highest BCUT2D eigenvalue weighted by atomic mass is 32.1. The largest absolute Gasteiger partial charge is 0.326 e. The Hall–Kier alpha value is -2.47. The fraction of sp³-hybridized carbons (Fsp3) is 0.263. The standard InChI is InChI=1S/C19H19FN2O2S/c1-12(2)22-16-9-8-14(11-17(16)25-19(22)24)21-18(23)10-7-13-5-3-4-6-15(13)20/h3-6,8-9,11-12H,7,10H2,1-2H3,(H,21,23). The van der Waals surface area contributed by atoms with Gasteiger partial charge in [-0.05, 0) is 50.1 Å². The first-order chi connectivity index (χ1) is 12.0. The summed E-state index contributed by atoms with van der Waals surface area (Å²) in [6.07, 6.45) is 0.542. The molecular formula is C19H19FN2O2S. The molecule has 0 radical (unpaired) electrons. The van der Waals surface area contributed by atoms with E-state index in [1.165, 1.54) is 17.4 Å². The van der Waals surface area contributed by atoms with Crippen molar-refractivity contribution in [3.05, 3.63) is 63.5 Å². The molecule has 25 heavy (non-hydrogen) atoms. The number of carbonyl (C=O) groups is 1. The van der Waals surface area contributed by atoms with Gasteiger partial charge in [0.25, 0.3) is 0 Å². The Kier molecular flexibility index (Phi) is 4.99. The minimum Gasteiger partial charge on any atom is -0.326 e. The third-order valence-corrected chi connectivity index (χ3v) is 4.91. The number of carbonyl (C=O) groups excluding carboxylic acids is 1. The Morgan fingerprint density at radius 2 is 2.00 bits per heavy atom. The summed E-state index contributed by atoms with van der Waals surface area (Å²) in [5, 5.41) is 2.82. The summed E-state index contributed by atoms with van der Waals surface area (Å²) in [5.74, 6) is -0.477. The highest BCUT2D eigenvalue weighted by Gasteiger charge is 2.12. The van der Waals surface area contributed by atoms with Gasteiger partial charge in [-0.3, -0.25) is 14.2 Å². The van der Waals surface area contributed by atoms with Crippen LogP contribution in [0.5, 0.6) is 0 Å². The Morgan fingerprint density at radius 1 is 1.24 bits per heavy atom. The molecule has 0 atom stereocenters. The highest BCUT2D eigenvalue weighted by Crippen LogP contribution is 2.24. The van der Waals surface area contributed by atoms with Crippen LogP contribution in [0.15, 0.2) is 47.3 Å². The lowest BCUT2D eigenvalue weighted by Gasteiger charge is -2.09. The van der Waals surface area contributed by atoms with Crippen molar-refractivity contribution >= 4 is 33.1 Å². The van der Waals surface area contributed by atoms with Gasteiger partial charge in [0.05, 0.1) is 10.2 Å². The molecule has 1 N–H and O–H groups in total. The minimum atomic E-state index is -0.295. The van der Waals surface area contributed by atoms with Gasteiger partial charge >= 0.3 is 4.87 Å². The van der Waals surface area contributed by atoms with E-state index >= 15 is 0 Å². The molecule has 0 aliphatic heterocycles. The van der Waals surface area contributed by atoms with Gasteiger partial charge in [-0.1, -0.05) is 29.5 Å². The van der Waals surface area contributed by atoms with Gasteiger partial charge in [-0.2, -0.15) is 0 Å². The van der Waals surface area contributed by atoms with Crippen LogP contribution >= 0.6 is 11.3 Å². The molecule has 3 aromatic rings. The number of nitrogens with one attached hydrogen (secondary N) is 1. The van der Waals surface area contributed by atoms with Gasteiger partial charge in [0, 0.05) is 18.2 Å². The molecule has 0 bridgehead atoms. The number of halogens is 1. The second-order valence-corrected chi connectivity index (χ2v) is 7.15. The molecule has 0 unspecified atom stereocenters. The van der Waals surface area contributed by atoms with Crippen LogP contribution in [0.2, 0.25) is 0 Å². The zero-order valence-electron chi connectivity index (χ0n) is 14.1. The molecule has 0 saturated heterocycles. The van der Waals surface area contributed by atoms with Crippen molar-refractivity contribution < 1.29 is 9.18 Å². The Bertz CT molecular complexity index is 975. The molecule has 130 valence electrons. The van der Waals surface area contributed by atoms with Crippen molar-refractivity contribution in [1.82, 2.24) is 4.57 Å². The predicted octanol–water partition coefficient (Wildman–Crippen LogP) is 4.35. The quantitative estimate of drug-likeness (QED) is 0.737. The number of fused-ring (bicyclic) bond motifs is 1. The fourth-order valence-electron chi connectivity index (χ4n) is 2.78. The van der Waals surface area contributed by atoms with E-state index < -0.39 is 0 Å². The molecule has 1 heterocycles. The SMILES string of the molecule is CC(C)n1c(=O)sc2cc(NC(=O)CCc3ccccc3F)ccc21. The summed E-state index contributed by atoms with van der Waals surface area (Å²) >= 11 is 1.17. The summed E-state index contributed by atoms with van der Waals surface area (Å²) in [4.78, 5) is 24.2. The Balaban J connectivity index is 1.71. The first kappa shape index (κ1) is 17.4. The zero-order valence-corrected chi connectivity index (χ0v) is 14.9. The van der Waals surface area contributed by atoms with E-state index in [2.05, 4.69) is 5.32 Å². The molecular weight excluding hydrogens is 339 g/mol. The van der Waals surface area contributed by atoms with Crippen LogP contribution in [0.4, 0.5) is 10.1 Å². The van der Waals surface area contributed by atoms with Crippen LogP contribution in [0, 0.1) is 5.82 Å². The van der Waals surface area contributed by atoms with Crippen molar-refractivity contribution in [3.63, 3.8) is 0 Å². The number of aromatic nitrogens is 1. The molecule has 1 amide bonds. The number of amides is 1. The maximum Gasteiger partial charge on any atom is 0.308 e. The molecule has 2 aromatic carbocycles. The third-order valence-electron chi connectivity index (χ3n) is 3.99. The fourth-order valence-corrected chi connectivity index (χ4v) is 3.83. The zero-order chi connectivity index (χ0) is 18.0. The van der Waals surface area contributed by atoms with Crippen molar-refractivity contribution in [1.29, 1.82) is 0 Å². The lowest BCUT2D eigenvalue weighted by Crippen LogP contribution is -2.14. The average Bonchev–Trinajstić information content (AvgIpc) is 2.89. The average molecular weight is 358 g/mol. The van der Waals surface area contributed by atoms with Crippen LogP contribution in [-0.2, 0) is 11.2 Å². The topological polar surface area (TPSA) is 51.1 Å². The molecule has 0 aliphatic rings. The predicted molar refractivity (Wildman–Crippen MR) is 99.8 cm³/mol.